The molecule has 3 atom stereocenters. The van der Waals surface area contributed by atoms with Gasteiger partial charge >= 0.3 is 0 Å². The average molecular weight is 386 g/mol. The Morgan fingerprint density at radius 3 is 2.86 bits per heavy atom. The van der Waals surface area contributed by atoms with E-state index in [2.05, 4.69) is 34.2 Å². The Hall–Kier alpha value is -2.45. The molecule has 1 aliphatic rings. The molecule has 4 rings (SSSR count). The number of likely N-dealkylation sites (tertiary alicyclic amines) is 1. The van der Waals surface area contributed by atoms with Crippen molar-refractivity contribution in [2.75, 3.05) is 18.4 Å². The summed E-state index contributed by atoms with van der Waals surface area (Å²) in [6.45, 7) is 6.72. The first-order valence-electron chi connectivity index (χ1n) is 9.77. The van der Waals surface area contributed by atoms with Crippen molar-refractivity contribution in [3.8, 4) is 11.1 Å². The zero-order valence-corrected chi connectivity index (χ0v) is 16.4. The number of aromatic nitrogens is 4. The van der Waals surface area contributed by atoms with Crippen LogP contribution in [-0.4, -0.2) is 61.3 Å². The van der Waals surface area contributed by atoms with Gasteiger partial charge in [0.25, 0.3) is 0 Å². The zero-order valence-electron chi connectivity index (χ0n) is 16.4. The van der Waals surface area contributed by atoms with E-state index in [-0.39, 0.29) is 18.6 Å². The Morgan fingerprint density at radius 1 is 1.32 bits per heavy atom. The van der Waals surface area contributed by atoms with Gasteiger partial charge in [0.15, 0.2) is 0 Å². The Morgan fingerprint density at radius 2 is 2.14 bits per heavy atom. The molecule has 1 aliphatic heterocycles. The molecule has 0 radical (unpaired) electrons. The van der Waals surface area contributed by atoms with Crippen molar-refractivity contribution in [3.63, 3.8) is 0 Å². The number of fused-ring (bicyclic) bond motifs is 1. The lowest BCUT2D eigenvalue weighted by Crippen LogP contribution is -2.46. The Kier molecular flexibility index (Phi) is 5.07. The molecule has 0 aliphatic carbocycles. The van der Waals surface area contributed by atoms with Gasteiger partial charge in [0.05, 0.1) is 17.9 Å². The second-order valence-electron chi connectivity index (χ2n) is 7.79. The van der Waals surface area contributed by atoms with Crippen molar-refractivity contribution in [2.45, 2.75) is 51.7 Å². The number of halogens is 1. The number of H-pyrrole nitrogens is 1. The normalized spacial score (nSPS) is 22.1. The van der Waals surface area contributed by atoms with Crippen LogP contribution in [0.3, 0.4) is 0 Å². The van der Waals surface area contributed by atoms with Crippen LogP contribution in [-0.2, 0) is 0 Å². The summed E-state index contributed by atoms with van der Waals surface area (Å²) in [6, 6.07) is 1.94. The Labute approximate surface area is 163 Å². The standard InChI is InChI=1S/C20H27FN6O/c1-12(2)25-19-15-4-6-22-20(15)23-9-16(19)14-8-24-27(10-14)18-5-7-26(13(3)28)11-17(18)21/h4,6,8-10,12-13,17-18,28H,5,7,11H2,1-3H3,(H2,22,23,25)/t13?,17-,18-/m0/s1. The number of piperidine rings is 1. The first-order chi connectivity index (χ1) is 13.4. The fourth-order valence-corrected chi connectivity index (χ4v) is 3.88. The van der Waals surface area contributed by atoms with Gasteiger partial charge in [-0.3, -0.25) is 9.58 Å². The summed E-state index contributed by atoms with van der Waals surface area (Å²) >= 11 is 0. The fourth-order valence-electron chi connectivity index (χ4n) is 3.88. The molecule has 0 aromatic carbocycles. The van der Waals surface area contributed by atoms with E-state index >= 15 is 0 Å². The minimum atomic E-state index is -1.07. The lowest BCUT2D eigenvalue weighted by molar-refractivity contribution is -0.0308. The van der Waals surface area contributed by atoms with Crippen molar-refractivity contribution in [2.24, 2.45) is 0 Å². The van der Waals surface area contributed by atoms with Crippen LogP contribution < -0.4 is 5.32 Å². The van der Waals surface area contributed by atoms with Crippen LogP contribution in [0.5, 0.6) is 0 Å². The van der Waals surface area contributed by atoms with Crippen LogP contribution in [0.2, 0.25) is 0 Å². The van der Waals surface area contributed by atoms with E-state index in [0.717, 1.165) is 27.8 Å². The summed E-state index contributed by atoms with van der Waals surface area (Å²) in [5.41, 5.74) is 3.68. The number of aromatic amines is 1. The number of rotatable bonds is 5. The highest BCUT2D eigenvalue weighted by Crippen LogP contribution is 2.35. The van der Waals surface area contributed by atoms with Crippen LogP contribution in [0.15, 0.2) is 30.9 Å². The molecule has 0 saturated carbocycles. The van der Waals surface area contributed by atoms with E-state index in [0.29, 0.717) is 13.0 Å². The molecular formula is C20H27FN6O. The van der Waals surface area contributed by atoms with Gasteiger partial charge in [-0.25, -0.2) is 9.37 Å². The van der Waals surface area contributed by atoms with Gasteiger partial charge in [-0.15, -0.1) is 0 Å². The predicted octanol–water partition coefficient (Wildman–Crippen LogP) is 3.17. The summed E-state index contributed by atoms with van der Waals surface area (Å²) in [7, 11) is 0. The molecule has 7 nitrogen and oxygen atoms in total. The van der Waals surface area contributed by atoms with Crippen molar-refractivity contribution in [3.05, 3.63) is 30.9 Å². The van der Waals surface area contributed by atoms with Crippen LogP contribution in [0.4, 0.5) is 10.1 Å². The van der Waals surface area contributed by atoms with E-state index in [9.17, 15) is 9.50 Å². The maximum atomic E-state index is 14.7. The lowest BCUT2D eigenvalue weighted by atomic mass is 10.0. The highest BCUT2D eigenvalue weighted by atomic mass is 19.1. The lowest BCUT2D eigenvalue weighted by Gasteiger charge is -2.36. The molecule has 4 heterocycles. The van der Waals surface area contributed by atoms with E-state index in [4.69, 9.17) is 0 Å². The van der Waals surface area contributed by atoms with Gasteiger partial charge in [-0.2, -0.15) is 5.10 Å². The molecule has 3 aromatic heterocycles. The molecule has 8 heteroatoms. The summed E-state index contributed by atoms with van der Waals surface area (Å²) in [6.07, 6.45) is 6.28. The first kappa shape index (κ1) is 18.9. The first-order valence-corrected chi connectivity index (χ1v) is 9.77. The Balaban J connectivity index is 1.65. The highest BCUT2D eigenvalue weighted by molar-refractivity contribution is 5.98. The largest absolute Gasteiger partial charge is 0.382 e. The summed E-state index contributed by atoms with van der Waals surface area (Å²) in [5, 5.41) is 18.7. The number of aliphatic hydroxyl groups excluding tert-OH is 1. The number of alkyl halides is 1. The van der Waals surface area contributed by atoms with Crippen LogP contribution in [0.1, 0.15) is 33.2 Å². The molecule has 28 heavy (non-hydrogen) atoms. The second kappa shape index (κ2) is 7.52. The maximum absolute atomic E-state index is 14.7. The van der Waals surface area contributed by atoms with E-state index < -0.39 is 12.4 Å². The van der Waals surface area contributed by atoms with Gasteiger partial charge in [-0.1, -0.05) is 0 Å². The van der Waals surface area contributed by atoms with Gasteiger partial charge in [0, 0.05) is 54.2 Å². The number of anilines is 1. The van der Waals surface area contributed by atoms with Crippen molar-refractivity contribution < 1.29 is 9.50 Å². The van der Waals surface area contributed by atoms with Gasteiger partial charge in [0.1, 0.15) is 18.0 Å². The summed E-state index contributed by atoms with van der Waals surface area (Å²) in [5.74, 6) is 0. The predicted molar refractivity (Wildman–Crippen MR) is 108 cm³/mol. The highest BCUT2D eigenvalue weighted by Gasteiger charge is 2.32. The summed E-state index contributed by atoms with van der Waals surface area (Å²) in [4.78, 5) is 9.40. The summed E-state index contributed by atoms with van der Waals surface area (Å²) < 4.78 is 16.5. The second-order valence-corrected chi connectivity index (χ2v) is 7.79. The average Bonchev–Trinajstić information content (AvgIpc) is 3.30. The smallest absolute Gasteiger partial charge is 0.139 e. The van der Waals surface area contributed by atoms with E-state index in [1.54, 1.807) is 22.7 Å². The monoisotopic (exact) mass is 386 g/mol. The quantitative estimate of drug-likeness (QED) is 0.627. The molecule has 0 amide bonds. The van der Waals surface area contributed by atoms with Gasteiger partial charge < -0.3 is 15.4 Å². The molecule has 1 fully saturated rings. The SMILES string of the molecule is CC(C)Nc1c(-c2cnn([C@H]3CCN(C(C)O)C[C@@H]3F)c2)cnc2[nH]ccc12. The number of pyridine rings is 1. The molecule has 3 N–H and O–H groups in total. The molecule has 1 unspecified atom stereocenters. The van der Waals surface area contributed by atoms with Crippen LogP contribution >= 0.6 is 0 Å². The molecular weight excluding hydrogens is 359 g/mol. The van der Waals surface area contributed by atoms with Crippen molar-refractivity contribution >= 4 is 16.7 Å². The number of hydrogen-bond acceptors (Lipinski definition) is 5. The molecule has 0 bridgehead atoms. The van der Waals surface area contributed by atoms with Crippen molar-refractivity contribution in [1.82, 2.24) is 24.6 Å². The number of aliphatic hydroxyl groups is 1. The number of hydrogen-bond donors (Lipinski definition) is 3. The third kappa shape index (κ3) is 3.49. The van der Waals surface area contributed by atoms with Crippen LogP contribution in [0.25, 0.3) is 22.2 Å². The molecule has 1 saturated heterocycles. The van der Waals surface area contributed by atoms with Crippen LogP contribution in [0, 0.1) is 0 Å². The Bertz CT molecular complexity index is 949. The third-order valence-electron chi connectivity index (χ3n) is 5.34. The molecule has 3 aromatic rings. The molecule has 150 valence electrons. The fraction of sp³-hybridized carbons (Fsp3) is 0.500. The van der Waals surface area contributed by atoms with Gasteiger partial charge in [0.2, 0.25) is 0 Å². The number of nitrogens with zero attached hydrogens (tertiary/aromatic N) is 4. The van der Waals surface area contributed by atoms with E-state index in [1.165, 1.54) is 0 Å². The topological polar surface area (TPSA) is 82.0 Å². The minimum Gasteiger partial charge on any atom is -0.382 e. The number of nitrogens with one attached hydrogen (secondary N) is 2. The van der Waals surface area contributed by atoms with Crippen molar-refractivity contribution in [1.29, 1.82) is 0 Å². The zero-order chi connectivity index (χ0) is 19.8. The van der Waals surface area contributed by atoms with Gasteiger partial charge in [-0.05, 0) is 33.3 Å². The van der Waals surface area contributed by atoms with E-state index in [1.807, 2.05) is 24.7 Å². The minimum absolute atomic E-state index is 0.217. The third-order valence-corrected chi connectivity index (χ3v) is 5.34. The maximum Gasteiger partial charge on any atom is 0.139 e. The molecule has 0 spiro atoms.